The Hall–Kier alpha value is -1.56. The van der Waals surface area contributed by atoms with Gasteiger partial charge in [-0.25, -0.2) is 13.2 Å². The highest BCUT2D eigenvalue weighted by atomic mass is 32.2. The molecule has 0 saturated carbocycles. The van der Waals surface area contributed by atoms with Gasteiger partial charge in [0.1, 0.15) is 5.54 Å². The van der Waals surface area contributed by atoms with Gasteiger partial charge in [0.25, 0.3) is 0 Å². The molecule has 2 rings (SSSR count). The van der Waals surface area contributed by atoms with Crippen LogP contribution in [0.15, 0.2) is 24.3 Å². The van der Waals surface area contributed by atoms with Gasteiger partial charge >= 0.3 is 5.97 Å². The number of aryl methyl sites for hydroxylation is 1. The van der Waals surface area contributed by atoms with Crippen molar-refractivity contribution >= 4 is 21.5 Å². The smallest absolute Gasteiger partial charge is 0.332 e. The number of ether oxygens (including phenoxy) is 1. The van der Waals surface area contributed by atoms with E-state index in [1.165, 1.54) is 7.11 Å². The number of esters is 1. The molecule has 1 aromatic carbocycles. The molecule has 1 aromatic rings. The number of sulfone groups is 1. The maximum Gasteiger partial charge on any atom is 0.332 e. The standard InChI is InChI=1S/C14H19NO4S/c1-11-5-3-6-12(9-11)15-14(13(16)19-2)7-4-8-20(17,18)10-14/h3,5-6,9,15H,4,7-8,10H2,1-2H3. The van der Waals surface area contributed by atoms with E-state index in [9.17, 15) is 13.2 Å². The van der Waals surface area contributed by atoms with Crippen molar-refractivity contribution in [2.45, 2.75) is 25.3 Å². The van der Waals surface area contributed by atoms with Crippen LogP contribution in [0.3, 0.4) is 0 Å². The van der Waals surface area contributed by atoms with E-state index in [0.29, 0.717) is 12.8 Å². The first-order valence-electron chi connectivity index (χ1n) is 6.51. The summed E-state index contributed by atoms with van der Waals surface area (Å²) in [6, 6.07) is 7.50. The maximum absolute atomic E-state index is 12.1. The number of anilines is 1. The maximum atomic E-state index is 12.1. The quantitative estimate of drug-likeness (QED) is 0.857. The summed E-state index contributed by atoms with van der Waals surface area (Å²) < 4.78 is 28.6. The first-order valence-corrected chi connectivity index (χ1v) is 8.33. The third-order valence-electron chi connectivity index (χ3n) is 3.50. The predicted octanol–water partition coefficient (Wildman–Crippen LogP) is 1.53. The molecule has 0 aromatic heterocycles. The van der Waals surface area contributed by atoms with Crippen molar-refractivity contribution in [3.63, 3.8) is 0 Å². The van der Waals surface area contributed by atoms with Crippen molar-refractivity contribution in [3.05, 3.63) is 29.8 Å². The Bertz CT molecular complexity index is 611. The second-order valence-corrected chi connectivity index (χ2v) is 7.45. The number of hydrogen-bond acceptors (Lipinski definition) is 5. The number of nitrogens with one attached hydrogen (secondary N) is 1. The minimum Gasteiger partial charge on any atom is -0.467 e. The molecule has 5 nitrogen and oxygen atoms in total. The second kappa shape index (κ2) is 5.44. The zero-order valence-electron chi connectivity index (χ0n) is 11.7. The van der Waals surface area contributed by atoms with E-state index in [4.69, 9.17) is 4.74 Å². The highest BCUT2D eigenvalue weighted by Gasteiger charge is 2.46. The Kier molecular flexibility index (Phi) is 4.04. The van der Waals surface area contributed by atoms with Crippen LogP contribution in [0, 0.1) is 6.92 Å². The molecule has 1 saturated heterocycles. The molecule has 0 radical (unpaired) electrons. The minimum atomic E-state index is -3.24. The Morgan fingerprint density at radius 1 is 1.40 bits per heavy atom. The van der Waals surface area contributed by atoms with Crippen LogP contribution < -0.4 is 5.32 Å². The SMILES string of the molecule is COC(=O)C1(Nc2cccc(C)c2)CCCS(=O)(=O)C1. The van der Waals surface area contributed by atoms with Gasteiger partial charge in [-0.15, -0.1) is 0 Å². The number of benzene rings is 1. The molecule has 1 heterocycles. The fraction of sp³-hybridized carbons (Fsp3) is 0.500. The molecule has 1 unspecified atom stereocenters. The van der Waals surface area contributed by atoms with Crippen LogP contribution in [-0.2, 0) is 19.4 Å². The highest BCUT2D eigenvalue weighted by molar-refractivity contribution is 7.91. The van der Waals surface area contributed by atoms with Crippen LogP contribution in [0.1, 0.15) is 18.4 Å². The van der Waals surface area contributed by atoms with Crippen molar-refractivity contribution in [2.24, 2.45) is 0 Å². The Balaban J connectivity index is 2.35. The van der Waals surface area contributed by atoms with Crippen molar-refractivity contribution in [1.29, 1.82) is 0 Å². The molecular weight excluding hydrogens is 278 g/mol. The van der Waals surface area contributed by atoms with Gasteiger partial charge in [-0.2, -0.15) is 0 Å². The number of carbonyl (C=O) groups is 1. The van der Waals surface area contributed by atoms with Gasteiger partial charge in [0.15, 0.2) is 9.84 Å². The predicted molar refractivity (Wildman–Crippen MR) is 77.4 cm³/mol. The fourth-order valence-electron chi connectivity index (χ4n) is 2.62. The third-order valence-corrected chi connectivity index (χ3v) is 5.35. The first-order chi connectivity index (χ1) is 9.37. The van der Waals surface area contributed by atoms with Gasteiger partial charge in [0, 0.05) is 5.69 Å². The Morgan fingerprint density at radius 2 is 2.15 bits per heavy atom. The van der Waals surface area contributed by atoms with E-state index in [2.05, 4.69) is 5.32 Å². The summed E-state index contributed by atoms with van der Waals surface area (Å²) >= 11 is 0. The van der Waals surface area contributed by atoms with Crippen LogP contribution >= 0.6 is 0 Å². The molecule has 1 N–H and O–H groups in total. The summed E-state index contributed by atoms with van der Waals surface area (Å²) in [5.41, 5.74) is 0.584. The summed E-state index contributed by atoms with van der Waals surface area (Å²) in [6.45, 7) is 1.94. The Morgan fingerprint density at radius 3 is 2.75 bits per heavy atom. The fourth-order valence-corrected chi connectivity index (χ4v) is 4.43. The van der Waals surface area contributed by atoms with Gasteiger partial charge in [-0.05, 0) is 37.5 Å². The molecule has 0 amide bonds. The molecule has 6 heteroatoms. The second-order valence-electron chi connectivity index (χ2n) is 5.26. The number of rotatable bonds is 3. The largest absolute Gasteiger partial charge is 0.467 e. The van der Waals surface area contributed by atoms with Crippen molar-refractivity contribution in [2.75, 3.05) is 23.9 Å². The van der Waals surface area contributed by atoms with E-state index in [0.717, 1.165) is 11.3 Å². The lowest BCUT2D eigenvalue weighted by atomic mass is 9.94. The van der Waals surface area contributed by atoms with E-state index in [-0.39, 0.29) is 11.5 Å². The summed E-state index contributed by atoms with van der Waals surface area (Å²) in [7, 11) is -1.96. The molecule has 110 valence electrons. The lowest BCUT2D eigenvalue weighted by Gasteiger charge is -2.35. The van der Waals surface area contributed by atoms with Crippen LogP contribution in [-0.4, -0.2) is 38.5 Å². The lowest BCUT2D eigenvalue weighted by molar-refractivity contribution is -0.145. The first kappa shape index (κ1) is 14.8. The molecular formula is C14H19NO4S. The zero-order valence-corrected chi connectivity index (χ0v) is 12.5. The van der Waals surface area contributed by atoms with E-state index in [1.54, 1.807) is 0 Å². The lowest BCUT2D eigenvalue weighted by Crippen LogP contribution is -2.55. The van der Waals surface area contributed by atoms with Gasteiger partial charge < -0.3 is 10.1 Å². The monoisotopic (exact) mass is 297 g/mol. The number of methoxy groups -OCH3 is 1. The van der Waals surface area contributed by atoms with Gasteiger partial charge in [-0.3, -0.25) is 0 Å². The topological polar surface area (TPSA) is 72.5 Å². The molecule has 0 bridgehead atoms. The summed E-state index contributed by atoms with van der Waals surface area (Å²) in [5.74, 6) is -0.621. The molecule has 0 spiro atoms. The number of hydrogen-bond donors (Lipinski definition) is 1. The van der Waals surface area contributed by atoms with Crippen LogP contribution in [0.5, 0.6) is 0 Å². The molecule has 20 heavy (non-hydrogen) atoms. The third kappa shape index (κ3) is 3.12. The highest BCUT2D eigenvalue weighted by Crippen LogP contribution is 2.29. The Labute approximate surface area is 119 Å². The van der Waals surface area contributed by atoms with Crippen LogP contribution in [0.25, 0.3) is 0 Å². The summed E-state index contributed by atoms with van der Waals surface area (Å²) in [5, 5.41) is 3.09. The normalized spacial score (nSPS) is 24.9. The summed E-state index contributed by atoms with van der Waals surface area (Å²) in [6.07, 6.45) is 0.906. The van der Waals surface area contributed by atoms with E-state index in [1.807, 2.05) is 31.2 Å². The number of carbonyl (C=O) groups excluding carboxylic acids is 1. The van der Waals surface area contributed by atoms with Gasteiger partial charge in [0.05, 0.1) is 18.6 Å². The van der Waals surface area contributed by atoms with Gasteiger partial charge in [0.2, 0.25) is 0 Å². The van der Waals surface area contributed by atoms with Crippen LogP contribution in [0.2, 0.25) is 0 Å². The molecule has 1 aliphatic rings. The average Bonchev–Trinajstić information content (AvgIpc) is 2.36. The van der Waals surface area contributed by atoms with E-state index >= 15 is 0 Å². The molecule has 1 fully saturated rings. The minimum absolute atomic E-state index is 0.126. The van der Waals surface area contributed by atoms with Crippen LogP contribution in [0.4, 0.5) is 5.69 Å². The van der Waals surface area contributed by atoms with Crippen molar-refractivity contribution in [1.82, 2.24) is 0 Å². The zero-order chi connectivity index (χ0) is 14.8. The van der Waals surface area contributed by atoms with E-state index < -0.39 is 21.3 Å². The van der Waals surface area contributed by atoms with Gasteiger partial charge in [-0.1, -0.05) is 12.1 Å². The average molecular weight is 297 g/mol. The van der Waals surface area contributed by atoms with Crippen molar-refractivity contribution in [3.8, 4) is 0 Å². The molecule has 1 atom stereocenters. The molecule has 0 aliphatic carbocycles. The van der Waals surface area contributed by atoms with Crippen molar-refractivity contribution < 1.29 is 17.9 Å². The summed E-state index contributed by atoms with van der Waals surface area (Å²) in [4.78, 5) is 12.1. The molecule has 1 aliphatic heterocycles.